The minimum absolute atomic E-state index is 0.0279. The van der Waals surface area contributed by atoms with Crippen LogP contribution in [-0.4, -0.2) is 92.1 Å². The summed E-state index contributed by atoms with van der Waals surface area (Å²) in [4.78, 5) is 66.2. The monoisotopic (exact) mass is 993 g/mol. The largest absolute Gasteiger partial charge is 0.493 e. The van der Waals surface area contributed by atoms with E-state index in [1.807, 2.05) is 51.1 Å². The number of alkyl halides is 3. The Morgan fingerprint density at radius 1 is 1.01 bits per heavy atom. The molecule has 2 fully saturated rings. The Kier molecular flexibility index (Phi) is 14.0. The Morgan fingerprint density at radius 2 is 1.73 bits per heavy atom. The third-order valence-corrected chi connectivity index (χ3v) is 14.1. The highest BCUT2D eigenvalue weighted by Gasteiger charge is 2.51. The lowest BCUT2D eigenvalue weighted by atomic mass is 10.0. The van der Waals surface area contributed by atoms with E-state index in [1.54, 1.807) is 71.6 Å². The second-order valence-electron chi connectivity index (χ2n) is 18.2. The van der Waals surface area contributed by atoms with Gasteiger partial charge in [0.25, 0.3) is 11.8 Å². The minimum atomic E-state index is -4.82. The predicted octanol–water partition coefficient (Wildman–Crippen LogP) is 8.03. The van der Waals surface area contributed by atoms with Gasteiger partial charge in [-0.15, -0.1) is 11.3 Å². The number of rotatable bonds is 15. The average molecular weight is 994 g/mol. The summed E-state index contributed by atoms with van der Waals surface area (Å²) in [6.07, 6.45) is -5.25. The number of ether oxygens (including phenoxy) is 2. The van der Waals surface area contributed by atoms with Gasteiger partial charge >= 0.3 is 6.18 Å². The molecule has 3 atom stereocenters. The van der Waals surface area contributed by atoms with Gasteiger partial charge in [0.1, 0.15) is 29.1 Å². The summed E-state index contributed by atoms with van der Waals surface area (Å²) < 4.78 is 53.8. The molecule has 4 heterocycles. The summed E-state index contributed by atoms with van der Waals surface area (Å²) in [5.74, 6) is -0.859. The third-order valence-electron chi connectivity index (χ3n) is 12.7. The number of anilines is 2. The zero-order valence-corrected chi connectivity index (χ0v) is 40.6. The molecule has 2 saturated heterocycles. The van der Waals surface area contributed by atoms with E-state index in [-0.39, 0.29) is 61.9 Å². The van der Waals surface area contributed by atoms with Crippen LogP contribution in [0.25, 0.3) is 10.4 Å². The van der Waals surface area contributed by atoms with Crippen molar-refractivity contribution in [2.75, 3.05) is 29.6 Å². The van der Waals surface area contributed by atoms with Crippen LogP contribution < -0.4 is 24.6 Å². The summed E-state index contributed by atoms with van der Waals surface area (Å²) in [5.41, 5.74) is 2.95. The van der Waals surface area contributed by atoms with Gasteiger partial charge in [-0.25, -0.2) is 4.98 Å². The van der Waals surface area contributed by atoms with Crippen molar-refractivity contribution in [3.05, 3.63) is 124 Å². The molecule has 14 nitrogen and oxygen atoms in total. The Labute approximate surface area is 412 Å². The van der Waals surface area contributed by atoms with Crippen molar-refractivity contribution in [3.63, 3.8) is 0 Å². The van der Waals surface area contributed by atoms with Gasteiger partial charge in [-0.3, -0.25) is 24.1 Å². The van der Waals surface area contributed by atoms with Gasteiger partial charge < -0.3 is 34.6 Å². The average Bonchev–Trinajstić information content (AvgIpc) is 4.07. The molecule has 5 aromatic rings. The van der Waals surface area contributed by atoms with E-state index in [4.69, 9.17) is 21.7 Å². The van der Waals surface area contributed by atoms with Crippen molar-refractivity contribution in [2.45, 2.75) is 90.5 Å². The number of halogens is 3. The van der Waals surface area contributed by atoms with Crippen LogP contribution in [0.4, 0.5) is 24.5 Å². The molecule has 0 spiro atoms. The van der Waals surface area contributed by atoms with Crippen LogP contribution in [0.5, 0.6) is 11.5 Å². The number of nitriles is 1. The number of benzene rings is 4. The maximum Gasteiger partial charge on any atom is 0.417 e. The van der Waals surface area contributed by atoms with E-state index >= 15 is 0 Å². The van der Waals surface area contributed by atoms with Gasteiger partial charge in [-0.05, 0) is 105 Å². The number of nitrogens with zero attached hydrogens (tertiary/aromatic N) is 6. The van der Waals surface area contributed by atoms with E-state index in [9.17, 15) is 42.7 Å². The molecule has 1 unspecified atom stereocenters. The molecule has 0 bridgehead atoms. The fraction of sp³-hybridized carbons (Fsp3) is 0.353. The molecule has 70 heavy (non-hydrogen) atoms. The number of hydrogen-bond donors (Lipinski definition) is 2. The number of thiocarbonyl (C=S) groups is 1. The summed E-state index contributed by atoms with van der Waals surface area (Å²) in [6, 6.07) is 22.5. The fourth-order valence-corrected chi connectivity index (χ4v) is 10.5. The normalized spacial score (nSPS) is 18.1. The molecule has 1 aromatic heterocycles. The number of carbonyl (C=O) groups excluding carboxylic acids is 4. The van der Waals surface area contributed by atoms with Crippen molar-refractivity contribution in [1.82, 2.24) is 20.1 Å². The maximum absolute atomic E-state index is 14.3. The molecule has 0 radical (unpaired) electrons. The topological polar surface area (TPSA) is 169 Å². The number of aliphatic hydroxyl groups is 1. The lowest BCUT2D eigenvalue weighted by molar-refractivity contribution is -0.143. The van der Waals surface area contributed by atoms with Gasteiger partial charge in [0.15, 0.2) is 5.11 Å². The lowest BCUT2D eigenvalue weighted by Crippen LogP contribution is -2.55. The molecular formula is C51H50F3N7O7S2. The summed E-state index contributed by atoms with van der Waals surface area (Å²) >= 11 is 7.16. The Hall–Kier alpha value is -6.88. The maximum atomic E-state index is 14.3. The van der Waals surface area contributed by atoms with Crippen molar-refractivity contribution in [3.8, 4) is 28.0 Å². The zero-order chi connectivity index (χ0) is 50.2. The molecular weight excluding hydrogens is 944 g/mol. The number of β-amino-alcohol motifs (C(OH)–C–C–N with tert-alkyl or cyclic N) is 1. The van der Waals surface area contributed by atoms with Crippen LogP contribution in [0, 0.1) is 24.2 Å². The van der Waals surface area contributed by atoms with Crippen molar-refractivity contribution in [1.29, 1.82) is 5.26 Å². The van der Waals surface area contributed by atoms with Crippen molar-refractivity contribution in [2.24, 2.45) is 5.92 Å². The van der Waals surface area contributed by atoms with Crippen LogP contribution in [0.2, 0.25) is 0 Å². The highest BCUT2D eigenvalue weighted by Crippen LogP contribution is 2.40. The van der Waals surface area contributed by atoms with E-state index in [0.29, 0.717) is 34.7 Å². The summed E-state index contributed by atoms with van der Waals surface area (Å²) in [7, 11) is 0. The number of likely N-dealkylation sites (tertiary alicyclic amines) is 1. The van der Waals surface area contributed by atoms with Crippen LogP contribution in [-0.2, 0) is 33.6 Å². The van der Waals surface area contributed by atoms with E-state index in [0.717, 1.165) is 38.7 Å². The van der Waals surface area contributed by atoms with Gasteiger partial charge in [0.05, 0.1) is 58.3 Å². The standard InChI is InChI=1S/C51H50F3N7O7S2/c1-29(2)43(59-26-34-9-6-7-10-39(34)46(59)64)47(65)58-27-37(62)23-41(58)45(63)56-25-33-12-11-31(44-30(3)57-28-70-44)21-42(33)68-20-8-19-67-38-17-15-35(16-18-38)61-49(69)60(48(66)50(61,4)5)36-14-13-32(24-55)40(22-36)51(52,53)54/h6-7,9-18,21-22,28-29,37,41,43,62H,8,19-20,23,25-27H2,1-5H3,(H,56,63)/t37-,41?,43+/m1/s1. The highest BCUT2D eigenvalue weighted by atomic mass is 32.1. The summed E-state index contributed by atoms with van der Waals surface area (Å²) in [6.45, 7) is 9.65. The number of nitrogens with one attached hydrogen (secondary N) is 1. The van der Waals surface area contributed by atoms with Crippen LogP contribution >= 0.6 is 23.6 Å². The molecule has 0 saturated carbocycles. The van der Waals surface area contributed by atoms with Gasteiger partial charge in [-0.1, -0.05) is 44.2 Å². The molecule has 364 valence electrons. The van der Waals surface area contributed by atoms with E-state index < -0.39 is 58.8 Å². The van der Waals surface area contributed by atoms with Crippen molar-refractivity contribution >= 4 is 63.7 Å². The number of hydrogen-bond acceptors (Lipinski definition) is 11. The lowest BCUT2D eigenvalue weighted by Gasteiger charge is -2.35. The Morgan fingerprint density at radius 3 is 2.40 bits per heavy atom. The second-order valence-corrected chi connectivity index (χ2v) is 19.4. The third kappa shape index (κ3) is 9.67. The Bertz CT molecular complexity index is 2900. The molecule has 3 aliphatic rings. The minimum Gasteiger partial charge on any atom is -0.493 e. The number of aryl methyl sites for hydroxylation is 1. The molecule has 2 N–H and O–H groups in total. The zero-order valence-electron chi connectivity index (χ0n) is 38.9. The quantitative estimate of drug-likeness (QED) is 0.0770. The first kappa shape index (κ1) is 49.5. The SMILES string of the molecule is Cc1ncsc1-c1ccc(CNC(=O)C2C[C@@H](O)CN2C(=O)[C@H](C(C)C)N2Cc3ccccc3C2=O)c(OCCCOc2ccc(N3C(=S)N(c4ccc(C#N)c(C(F)(F)F)c4)C(=O)C3(C)C)cc2)c1. The number of aliphatic hydroxyl groups excluding tert-OH is 1. The fourth-order valence-electron chi connectivity index (χ4n) is 9.19. The van der Waals surface area contributed by atoms with Gasteiger partial charge in [0.2, 0.25) is 11.8 Å². The molecule has 0 aliphatic carbocycles. The smallest absolute Gasteiger partial charge is 0.417 e. The molecule has 4 amide bonds. The number of carbonyl (C=O) groups is 4. The number of amides is 4. The number of fused-ring (bicyclic) bond motifs is 1. The van der Waals surface area contributed by atoms with Crippen molar-refractivity contribution < 1.29 is 46.9 Å². The molecule has 8 rings (SSSR count). The number of thiazole rings is 1. The first-order valence-electron chi connectivity index (χ1n) is 22.6. The molecule has 4 aromatic carbocycles. The first-order valence-corrected chi connectivity index (χ1v) is 23.9. The van der Waals surface area contributed by atoms with E-state index in [2.05, 4.69) is 10.3 Å². The summed E-state index contributed by atoms with van der Waals surface area (Å²) in [5, 5.41) is 23.0. The Balaban J connectivity index is 0.901. The van der Waals surface area contributed by atoms with E-state index in [1.165, 1.54) is 22.3 Å². The van der Waals surface area contributed by atoms with Gasteiger partial charge in [-0.2, -0.15) is 18.4 Å². The van der Waals surface area contributed by atoms with Gasteiger partial charge in [0, 0.05) is 49.3 Å². The first-order chi connectivity index (χ1) is 33.3. The second kappa shape index (κ2) is 19.9. The highest BCUT2D eigenvalue weighted by molar-refractivity contribution is 7.81. The van der Waals surface area contributed by atoms with Crippen LogP contribution in [0.15, 0.2) is 90.4 Å². The molecule has 19 heteroatoms. The van der Waals surface area contributed by atoms with Crippen LogP contribution in [0.3, 0.4) is 0 Å². The number of aromatic nitrogens is 1. The van der Waals surface area contributed by atoms with Crippen LogP contribution in [0.1, 0.15) is 78.8 Å². The molecule has 3 aliphatic heterocycles. The predicted molar refractivity (Wildman–Crippen MR) is 260 cm³/mol.